The summed E-state index contributed by atoms with van der Waals surface area (Å²) in [6, 6.07) is -1.27. The van der Waals surface area contributed by atoms with Gasteiger partial charge in [-0.15, -0.1) is 0 Å². The summed E-state index contributed by atoms with van der Waals surface area (Å²) in [4.78, 5) is 24.6. The molecule has 0 saturated carbocycles. The van der Waals surface area contributed by atoms with Gasteiger partial charge in [0.05, 0.1) is 0 Å². The van der Waals surface area contributed by atoms with Crippen LogP contribution in [0, 0.1) is 10.1 Å². The van der Waals surface area contributed by atoms with E-state index >= 15 is 0 Å². The van der Waals surface area contributed by atoms with Crippen molar-refractivity contribution in [2.45, 2.75) is 26.8 Å². The lowest BCUT2D eigenvalue weighted by atomic mass is 9.97. The van der Waals surface area contributed by atoms with Gasteiger partial charge in [0.1, 0.15) is 0 Å². The molecule has 0 fully saturated rings. The number of dihydropyridines is 1. The van der Waals surface area contributed by atoms with Gasteiger partial charge in [-0.05, 0) is 26.3 Å². The molecule has 0 aromatic rings. The van der Waals surface area contributed by atoms with Crippen molar-refractivity contribution in [3.05, 3.63) is 21.3 Å². The van der Waals surface area contributed by atoms with Crippen molar-refractivity contribution < 1.29 is 9.72 Å². The highest BCUT2D eigenvalue weighted by atomic mass is 16.6. The highest BCUT2D eigenvalue weighted by Gasteiger charge is 2.35. The van der Waals surface area contributed by atoms with Crippen molar-refractivity contribution in [2.75, 3.05) is 0 Å². The molecular weight excluding hydrogens is 172 g/mol. The topological polar surface area (TPSA) is 72.6 Å². The van der Waals surface area contributed by atoms with Crippen molar-refractivity contribution >= 4 is 11.6 Å². The number of rotatable bonds is 1. The number of nitrogens with zero attached hydrogens (tertiary/aromatic N) is 2. The van der Waals surface area contributed by atoms with Crippen LogP contribution >= 0.6 is 0 Å². The van der Waals surface area contributed by atoms with Crippen LogP contribution in [0.15, 0.2) is 16.1 Å². The lowest BCUT2D eigenvalue weighted by molar-refractivity contribution is -0.497. The second-order valence-electron chi connectivity index (χ2n) is 3.03. The minimum absolute atomic E-state index is 0.488. The van der Waals surface area contributed by atoms with E-state index in [0.29, 0.717) is 11.3 Å². The molecule has 1 unspecified atom stereocenters. The minimum atomic E-state index is -1.27. The quantitative estimate of drug-likeness (QED) is 0.448. The van der Waals surface area contributed by atoms with Crippen LogP contribution < -0.4 is 0 Å². The lowest BCUT2D eigenvalue weighted by Crippen LogP contribution is -2.34. The first kappa shape index (κ1) is 9.57. The van der Waals surface area contributed by atoms with Gasteiger partial charge in [-0.2, -0.15) is 0 Å². The third kappa shape index (κ3) is 1.49. The van der Waals surface area contributed by atoms with Gasteiger partial charge in [0.15, 0.2) is 0 Å². The zero-order valence-electron chi connectivity index (χ0n) is 7.70. The predicted octanol–water partition coefficient (Wildman–Crippen LogP) is 0.969. The Morgan fingerprint density at radius 1 is 1.38 bits per heavy atom. The van der Waals surface area contributed by atoms with Crippen LogP contribution in [0.4, 0.5) is 0 Å². The molecule has 0 radical (unpaired) electrons. The Morgan fingerprint density at radius 2 is 1.92 bits per heavy atom. The van der Waals surface area contributed by atoms with E-state index in [9.17, 15) is 14.9 Å². The molecule has 13 heavy (non-hydrogen) atoms. The van der Waals surface area contributed by atoms with Gasteiger partial charge >= 0.3 is 11.9 Å². The molecule has 5 heteroatoms. The lowest BCUT2D eigenvalue weighted by Gasteiger charge is -2.15. The largest absolute Gasteiger partial charge is 0.325 e. The third-order valence-electron chi connectivity index (χ3n) is 2.27. The maximum absolute atomic E-state index is 11.1. The fourth-order valence-electron chi connectivity index (χ4n) is 1.23. The molecule has 1 amide bonds. The molecule has 0 aliphatic carbocycles. The molecule has 70 valence electrons. The summed E-state index contributed by atoms with van der Waals surface area (Å²) in [6.45, 7) is 5.00. The van der Waals surface area contributed by atoms with E-state index in [1.165, 1.54) is 0 Å². The van der Waals surface area contributed by atoms with Crippen LogP contribution in [0.25, 0.3) is 0 Å². The molecule has 0 aromatic heterocycles. The second kappa shape index (κ2) is 3.08. The fraction of sp³-hybridized carbons (Fsp3) is 0.500. The Kier molecular flexibility index (Phi) is 2.27. The van der Waals surface area contributed by atoms with Gasteiger partial charge < -0.3 is 0 Å². The SMILES string of the molecule is CC1=NC(=O)C([N+](=O)[O-])C(C)=C1C. The number of aliphatic imine (C=N–C) groups is 1. The van der Waals surface area contributed by atoms with Gasteiger partial charge in [0.25, 0.3) is 0 Å². The Balaban J connectivity index is 3.19. The Bertz CT molecular complexity index is 341. The molecule has 0 bridgehead atoms. The van der Waals surface area contributed by atoms with Crippen molar-refractivity contribution in [3.63, 3.8) is 0 Å². The van der Waals surface area contributed by atoms with Crippen molar-refractivity contribution in [3.8, 4) is 0 Å². The Morgan fingerprint density at radius 3 is 2.38 bits per heavy atom. The monoisotopic (exact) mass is 182 g/mol. The molecule has 0 aromatic carbocycles. The van der Waals surface area contributed by atoms with Crippen LogP contribution in [-0.2, 0) is 4.79 Å². The summed E-state index contributed by atoms with van der Waals surface area (Å²) < 4.78 is 0. The first-order valence-corrected chi connectivity index (χ1v) is 3.85. The van der Waals surface area contributed by atoms with E-state index in [4.69, 9.17) is 0 Å². The van der Waals surface area contributed by atoms with Gasteiger partial charge in [-0.25, -0.2) is 4.99 Å². The summed E-state index contributed by atoms with van der Waals surface area (Å²) >= 11 is 0. The molecule has 1 rings (SSSR count). The first-order chi connectivity index (χ1) is 5.95. The highest BCUT2D eigenvalue weighted by Crippen LogP contribution is 2.18. The molecule has 0 saturated heterocycles. The summed E-state index contributed by atoms with van der Waals surface area (Å²) in [5.74, 6) is -0.675. The van der Waals surface area contributed by atoms with Crippen LogP contribution in [0.3, 0.4) is 0 Å². The molecule has 1 heterocycles. The van der Waals surface area contributed by atoms with Gasteiger partial charge in [-0.3, -0.25) is 14.9 Å². The van der Waals surface area contributed by atoms with Gasteiger partial charge in [0.2, 0.25) is 0 Å². The highest BCUT2D eigenvalue weighted by molar-refractivity contribution is 6.09. The average Bonchev–Trinajstić information content (AvgIpc) is 1.99. The Labute approximate surface area is 75.3 Å². The standard InChI is InChI=1S/C8H10N2O3/c1-4-5(2)7(10(12)13)8(11)9-6(4)3/h7H,1-3H3. The number of hydrogen-bond donors (Lipinski definition) is 0. The Hall–Kier alpha value is -1.52. The van der Waals surface area contributed by atoms with Crippen LogP contribution in [0.1, 0.15) is 20.8 Å². The van der Waals surface area contributed by atoms with Crippen molar-refractivity contribution in [2.24, 2.45) is 4.99 Å². The summed E-state index contributed by atoms with van der Waals surface area (Å²) in [6.07, 6.45) is 0. The predicted molar refractivity (Wildman–Crippen MR) is 47.3 cm³/mol. The van der Waals surface area contributed by atoms with E-state index in [2.05, 4.69) is 4.99 Å². The molecule has 1 aliphatic heterocycles. The fourth-order valence-corrected chi connectivity index (χ4v) is 1.23. The van der Waals surface area contributed by atoms with Crippen LogP contribution in [0.5, 0.6) is 0 Å². The number of carbonyl (C=O) groups excluding carboxylic acids is 1. The van der Waals surface area contributed by atoms with Crippen molar-refractivity contribution in [1.82, 2.24) is 0 Å². The molecule has 0 spiro atoms. The van der Waals surface area contributed by atoms with Crippen molar-refractivity contribution in [1.29, 1.82) is 0 Å². The normalized spacial score (nSPS) is 23.2. The number of nitro groups is 1. The summed E-state index contributed by atoms with van der Waals surface area (Å²) in [7, 11) is 0. The minimum Gasteiger partial charge on any atom is -0.264 e. The van der Waals surface area contributed by atoms with Crippen LogP contribution in [-0.4, -0.2) is 22.6 Å². The average molecular weight is 182 g/mol. The smallest absolute Gasteiger partial charge is 0.264 e. The number of carbonyl (C=O) groups is 1. The maximum Gasteiger partial charge on any atom is 0.325 e. The summed E-state index contributed by atoms with van der Waals surface area (Å²) in [5, 5.41) is 10.5. The van der Waals surface area contributed by atoms with E-state index in [0.717, 1.165) is 5.57 Å². The number of allylic oxidation sites excluding steroid dienone is 1. The molecule has 1 atom stereocenters. The zero-order valence-corrected chi connectivity index (χ0v) is 7.70. The number of hydrogen-bond acceptors (Lipinski definition) is 3. The third-order valence-corrected chi connectivity index (χ3v) is 2.27. The van der Waals surface area contributed by atoms with Gasteiger partial charge in [-0.1, -0.05) is 0 Å². The van der Waals surface area contributed by atoms with Gasteiger partial charge in [0, 0.05) is 16.2 Å². The van der Waals surface area contributed by atoms with E-state index in [-0.39, 0.29) is 0 Å². The number of amides is 1. The maximum atomic E-state index is 11.1. The van der Waals surface area contributed by atoms with E-state index < -0.39 is 16.9 Å². The van der Waals surface area contributed by atoms with Crippen LogP contribution in [0.2, 0.25) is 0 Å². The van der Waals surface area contributed by atoms with E-state index in [1.54, 1.807) is 20.8 Å². The van der Waals surface area contributed by atoms with E-state index in [1.807, 2.05) is 0 Å². The summed E-state index contributed by atoms with van der Waals surface area (Å²) in [5.41, 5.74) is 1.80. The first-order valence-electron chi connectivity index (χ1n) is 3.85. The molecule has 1 aliphatic rings. The second-order valence-corrected chi connectivity index (χ2v) is 3.03. The molecule has 5 nitrogen and oxygen atoms in total. The molecular formula is C8H10N2O3. The molecule has 0 N–H and O–H groups in total. The zero-order chi connectivity index (χ0) is 10.2.